The number of nitrogens with one attached hydrogen (secondary N) is 1. The van der Waals surface area contributed by atoms with Gasteiger partial charge in [0.25, 0.3) is 5.69 Å². The largest absolute Gasteiger partial charge is 0.446 e. The lowest BCUT2D eigenvalue weighted by atomic mass is 10.0. The average molecular weight is 382 g/mol. The van der Waals surface area contributed by atoms with E-state index in [4.69, 9.17) is 4.74 Å². The Morgan fingerprint density at radius 1 is 1.44 bits per heavy atom. The number of sulfone groups is 1. The summed E-state index contributed by atoms with van der Waals surface area (Å²) in [6, 6.07) is 5.87. The SMILES string of the molecule is CC1Cc2cc(CS(=O)(=O)c3cccs3)cc([N+](=O)[O-])c2NC(=O)O1. The van der Waals surface area contributed by atoms with Crippen LogP contribution in [0.3, 0.4) is 0 Å². The van der Waals surface area contributed by atoms with Crippen LogP contribution in [0.15, 0.2) is 33.9 Å². The highest BCUT2D eigenvalue weighted by atomic mass is 32.2. The molecule has 132 valence electrons. The summed E-state index contributed by atoms with van der Waals surface area (Å²) in [5, 5.41) is 15.4. The summed E-state index contributed by atoms with van der Waals surface area (Å²) in [7, 11) is -3.60. The summed E-state index contributed by atoms with van der Waals surface area (Å²) in [4.78, 5) is 22.4. The van der Waals surface area contributed by atoms with E-state index in [1.807, 2.05) is 0 Å². The van der Waals surface area contributed by atoms with Crippen molar-refractivity contribution in [1.29, 1.82) is 0 Å². The van der Waals surface area contributed by atoms with E-state index in [0.29, 0.717) is 11.1 Å². The lowest BCUT2D eigenvalue weighted by Crippen LogP contribution is -2.17. The van der Waals surface area contributed by atoms with E-state index in [9.17, 15) is 23.3 Å². The minimum Gasteiger partial charge on any atom is -0.446 e. The smallest absolute Gasteiger partial charge is 0.412 e. The molecule has 0 saturated heterocycles. The van der Waals surface area contributed by atoms with Crippen molar-refractivity contribution in [2.45, 2.75) is 29.4 Å². The Morgan fingerprint density at radius 2 is 2.20 bits per heavy atom. The van der Waals surface area contributed by atoms with Crippen molar-refractivity contribution < 1.29 is 22.9 Å². The molecule has 1 aromatic heterocycles. The Balaban J connectivity index is 2.06. The molecule has 0 radical (unpaired) electrons. The van der Waals surface area contributed by atoms with E-state index in [-0.39, 0.29) is 27.8 Å². The molecule has 1 unspecified atom stereocenters. The highest BCUT2D eigenvalue weighted by molar-refractivity contribution is 7.92. The fraction of sp³-hybridized carbons (Fsp3) is 0.267. The van der Waals surface area contributed by atoms with Crippen molar-refractivity contribution in [3.8, 4) is 0 Å². The highest BCUT2D eigenvalue weighted by Crippen LogP contribution is 2.34. The maximum absolute atomic E-state index is 12.4. The summed E-state index contributed by atoms with van der Waals surface area (Å²) in [6.45, 7) is 1.66. The van der Waals surface area contributed by atoms with Gasteiger partial charge >= 0.3 is 6.09 Å². The van der Waals surface area contributed by atoms with Gasteiger partial charge in [-0.25, -0.2) is 13.2 Å². The van der Waals surface area contributed by atoms with Crippen LogP contribution in [0.1, 0.15) is 18.1 Å². The Kier molecular flexibility index (Phi) is 4.48. The zero-order chi connectivity index (χ0) is 18.2. The molecule has 3 rings (SSSR count). The van der Waals surface area contributed by atoms with Crippen LogP contribution < -0.4 is 5.32 Å². The molecule has 10 heteroatoms. The molecule has 1 atom stereocenters. The lowest BCUT2D eigenvalue weighted by molar-refractivity contribution is -0.384. The minimum absolute atomic E-state index is 0.0524. The molecule has 0 fully saturated rings. The predicted octanol–water partition coefficient (Wildman–Crippen LogP) is 3.12. The molecule has 2 aromatic rings. The van der Waals surface area contributed by atoms with Crippen LogP contribution in [0, 0.1) is 10.1 Å². The van der Waals surface area contributed by atoms with Crippen LogP contribution in [-0.2, 0) is 26.7 Å². The maximum Gasteiger partial charge on any atom is 0.412 e. The number of anilines is 1. The van der Waals surface area contributed by atoms with Crippen LogP contribution in [0.4, 0.5) is 16.2 Å². The molecule has 0 saturated carbocycles. The van der Waals surface area contributed by atoms with E-state index in [0.717, 1.165) is 11.3 Å². The van der Waals surface area contributed by atoms with Crippen LogP contribution in [0.2, 0.25) is 0 Å². The topological polar surface area (TPSA) is 116 Å². The Bertz CT molecular complexity index is 937. The predicted molar refractivity (Wildman–Crippen MR) is 91.6 cm³/mol. The first-order valence-corrected chi connectivity index (χ1v) is 9.83. The third kappa shape index (κ3) is 3.64. The first kappa shape index (κ1) is 17.4. The lowest BCUT2D eigenvalue weighted by Gasteiger charge is -2.10. The van der Waals surface area contributed by atoms with E-state index in [1.54, 1.807) is 24.4 Å². The fourth-order valence-corrected chi connectivity index (χ4v) is 5.09. The van der Waals surface area contributed by atoms with Crippen molar-refractivity contribution in [3.63, 3.8) is 0 Å². The number of rotatable bonds is 4. The van der Waals surface area contributed by atoms with Crippen molar-refractivity contribution in [2.75, 3.05) is 5.32 Å². The number of hydrogen-bond donors (Lipinski definition) is 1. The maximum atomic E-state index is 12.4. The van der Waals surface area contributed by atoms with Crippen molar-refractivity contribution >= 4 is 38.6 Å². The quantitative estimate of drug-likeness (QED) is 0.641. The van der Waals surface area contributed by atoms with Gasteiger partial charge in [0.1, 0.15) is 16.0 Å². The number of hydrogen-bond acceptors (Lipinski definition) is 7. The first-order chi connectivity index (χ1) is 11.8. The molecule has 0 bridgehead atoms. The van der Waals surface area contributed by atoms with E-state index in [1.165, 1.54) is 12.1 Å². The number of amides is 1. The van der Waals surface area contributed by atoms with Crippen LogP contribution >= 0.6 is 11.3 Å². The van der Waals surface area contributed by atoms with Crippen molar-refractivity contribution in [2.24, 2.45) is 0 Å². The number of benzene rings is 1. The normalized spacial score (nSPS) is 17.2. The van der Waals surface area contributed by atoms with Gasteiger partial charge in [-0.2, -0.15) is 0 Å². The minimum atomic E-state index is -3.60. The van der Waals surface area contributed by atoms with Gasteiger partial charge in [-0.05, 0) is 29.5 Å². The molecule has 1 aliphatic heterocycles. The standard InChI is InChI=1S/C15H14N2O6S2/c1-9-5-11-6-10(8-25(21,22)13-3-2-4-24-13)7-12(17(19)20)14(11)16-15(18)23-9/h2-4,6-7,9H,5,8H2,1H3,(H,16,18). The molecular formula is C15H14N2O6S2. The monoisotopic (exact) mass is 382 g/mol. The number of thiophene rings is 1. The van der Waals surface area contributed by atoms with Gasteiger partial charge in [-0.3, -0.25) is 15.4 Å². The summed E-state index contributed by atoms with van der Waals surface area (Å²) >= 11 is 1.09. The molecule has 2 heterocycles. The van der Waals surface area contributed by atoms with Crippen molar-refractivity contribution in [3.05, 3.63) is 50.9 Å². The van der Waals surface area contributed by atoms with Crippen molar-refractivity contribution in [1.82, 2.24) is 0 Å². The number of carbonyl (C=O) groups excluding carboxylic acids is 1. The van der Waals surface area contributed by atoms with Crippen LogP contribution in [0.5, 0.6) is 0 Å². The van der Waals surface area contributed by atoms with Gasteiger partial charge in [-0.1, -0.05) is 12.1 Å². The Hall–Kier alpha value is -2.46. The fourth-order valence-electron chi connectivity index (χ4n) is 2.68. The summed E-state index contributed by atoms with van der Waals surface area (Å²) in [5.41, 5.74) is 0.475. The molecule has 25 heavy (non-hydrogen) atoms. The number of carbonyl (C=O) groups is 1. The second kappa shape index (κ2) is 6.45. The van der Waals surface area contributed by atoms with Gasteiger partial charge in [0.15, 0.2) is 9.84 Å². The zero-order valence-corrected chi connectivity index (χ0v) is 14.7. The second-order valence-corrected chi connectivity index (χ2v) is 8.81. The van der Waals surface area contributed by atoms with Gasteiger partial charge in [0.05, 0.1) is 10.7 Å². The van der Waals surface area contributed by atoms with Gasteiger partial charge in [0, 0.05) is 12.5 Å². The molecule has 1 N–H and O–H groups in total. The molecular weight excluding hydrogens is 368 g/mol. The molecule has 8 nitrogen and oxygen atoms in total. The van der Waals surface area contributed by atoms with Crippen LogP contribution in [0.25, 0.3) is 0 Å². The summed E-state index contributed by atoms with van der Waals surface area (Å²) in [5.74, 6) is -0.356. The number of nitro groups is 1. The van der Waals surface area contributed by atoms with Gasteiger partial charge < -0.3 is 4.74 Å². The zero-order valence-electron chi connectivity index (χ0n) is 13.1. The molecule has 0 aliphatic carbocycles. The number of fused-ring (bicyclic) bond motifs is 1. The summed E-state index contributed by atoms with van der Waals surface area (Å²) in [6.07, 6.45) is -1.000. The van der Waals surface area contributed by atoms with Gasteiger partial charge in [-0.15, -0.1) is 11.3 Å². The van der Waals surface area contributed by atoms with Gasteiger partial charge in [0.2, 0.25) is 0 Å². The molecule has 0 spiro atoms. The number of nitro benzene ring substituents is 1. The average Bonchev–Trinajstić information content (AvgIpc) is 2.99. The number of ether oxygens (including phenoxy) is 1. The van der Waals surface area contributed by atoms with E-state index >= 15 is 0 Å². The van der Waals surface area contributed by atoms with E-state index < -0.39 is 27.0 Å². The molecule has 1 aromatic carbocycles. The highest BCUT2D eigenvalue weighted by Gasteiger charge is 2.28. The molecule has 1 amide bonds. The summed E-state index contributed by atoms with van der Waals surface area (Å²) < 4.78 is 30.1. The molecule has 1 aliphatic rings. The first-order valence-electron chi connectivity index (χ1n) is 7.30. The Morgan fingerprint density at radius 3 is 2.84 bits per heavy atom. The number of nitrogens with zero attached hydrogens (tertiary/aromatic N) is 1. The number of cyclic esters (lactones) is 1. The Labute approximate surface area is 147 Å². The third-order valence-corrected chi connectivity index (χ3v) is 6.83. The third-order valence-electron chi connectivity index (χ3n) is 3.66. The van der Waals surface area contributed by atoms with Crippen LogP contribution in [-0.4, -0.2) is 25.5 Å². The second-order valence-electron chi connectivity index (χ2n) is 5.64. The van der Waals surface area contributed by atoms with E-state index in [2.05, 4.69) is 5.32 Å².